The van der Waals surface area contributed by atoms with Gasteiger partial charge in [0.25, 0.3) is 0 Å². The van der Waals surface area contributed by atoms with E-state index in [4.69, 9.17) is 9.15 Å². The van der Waals surface area contributed by atoms with Crippen LogP contribution in [-0.4, -0.2) is 36.6 Å². The van der Waals surface area contributed by atoms with E-state index in [2.05, 4.69) is 10.2 Å². The smallest absolute Gasteiger partial charge is 0.312 e. The third-order valence-electron chi connectivity index (χ3n) is 6.41. The first-order chi connectivity index (χ1) is 17.8. The van der Waals surface area contributed by atoms with Gasteiger partial charge in [0, 0.05) is 28.7 Å². The van der Waals surface area contributed by atoms with E-state index in [9.17, 15) is 30.0 Å². The zero-order chi connectivity index (χ0) is 25.8. The Morgan fingerprint density at radius 2 is 1.68 bits per heavy atom. The van der Waals surface area contributed by atoms with Crippen LogP contribution >= 0.6 is 0 Å². The van der Waals surface area contributed by atoms with E-state index < -0.39 is 40.3 Å². The highest BCUT2D eigenvalue weighted by atomic mass is 16.5. The molecule has 0 saturated carbocycles. The summed E-state index contributed by atoms with van der Waals surface area (Å²) in [5.41, 5.74) is 1.49. The van der Waals surface area contributed by atoms with Gasteiger partial charge in [-0.25, -0.2) is 0 Å². The van der Waals surface area contributed by atoms with Gasteiger partial charge in [0.15, 0.2) is 17.3 Å². The van der Waals surface area contributed by atoms with Gasteiger partial charge < -0.3 is 29.6 Å². The van der Waals surface area contributed by atoms with E-state index in [0.29, 0.717) is 16.8 Å². The summed E-state index contributed by atoms with van der Waals surface area (Å²) in [4.78, 5) is 25.8. The summed E-state index contributed by atoms with van der Waals surface area (Å²) in [7, 11) is 0. The molecule has 184 valence electrons. The van der Waals surface area contributed by atoms with E-state index >= 15 is 0 Å². The number of nitrogens with zero attached hydrogens (tertiary/aromatic N) is 1. The summed E-state index contributed by atoms with van der Waals surface area (Å²) in [6.45, 7) is 0. The lowest BCUT2D eigenvalue weighted by Gasteiger charge is -2.26. The number of nitrogens with one attached hydrogen (secondary N) is 1. The number of phenolic OH excluding ortho intramolecular Hbond substituents is 3. The van der Waals surface area contributed by atoms with Crippen molar-refractivity contribution in [2.24, 2.45) is 0 Å². The maximum absolute atomic E-state index is 13.2. The zero-order valence-corrected chi connectivity index (χ0v) is 18.9. The number of fused-ring (bicyclic) bond motifs is 3. The summed E-state index contributed by atoms with van der Waals surface area (Å²) < 4.78 is 11.4. The number of H-pyrrole nitrogens is 1. The predicted molar refractivity (Wildman–Crippen MR) is 131 cm³/mol. The van der Waals surface area contributed by atoms with E-state index in [-0.39, 0.29) is 34.5 Å². The highest BCUT2D eigenvalue weighted by Gasteiger charge is 2.36. The van der Waals surface area contributed by atoms with Gasteiger partial charge in [0.2, 0.25) is 11.2 Å². The third-order valence-corrected chi connectivity index (χ3v) is 6.41. The molecule has 0 amide bonds. The monoisotopic (exact) mass is 498 g/mol. The molecule has 0 bridgehead atoms. The van der Waals surface area contributed by atoms with Gasteiger partial charge in [-0.15, -0.1) is 0 Å². The van der Waals surface area contributed by atoms with Crippen LogP contribution in [0.4, 0.5) is 0 Å². The molecule has 10 heteroatoms. The molecular weight excluding hydrogens is 480 g/mol. The molecule has 0 saturated heterocycles. The number of benzene rings is 3. The highest BCUT2D eigenvalue weighted by molar-refractivity contribution is 5.94. The molecule has 0 radical (unpaired) electrons. The summed E-state index contributed by atoms with van der Waals surface area (Å²) in [5.74, 6) is -3.76. The molecule has 1 atom stereocenters. The lowest BCUT2D eigenvalue weighted by Crippen LogP contribution is -2.22. The van der Waals surface area contributed by atoms with Crippen LogP contribution in [0.3, 0.4) is 0 Å². The van der Waals surface area contributed by atoms with Crippen molar-refractivity contribution < 1.29 is 34.4 Å². The Morgan fingerprint density at radius 3 is 2.43 bits per heavy atom. The predicted octanol–water partition coefficient (Wildman–Crippen LogP) is 4.11. The fourth-order valence-electron chi connectivity index (χ4n) is 4.70. The number of ether oxygens (including phenoxy) is 1. The number of phenols is 3. The van der Waals surface area contributed by atoms with Gasteiger partial charge in [-0.3, -0.25) is 14.7 Å². The number of carbonyl (C=O) groups is 1. The molecule has 5 N–H and O–H groups in total. The van der Waals surface area contributed by atoms with Gasteiger partial charge in [0.1, 0.15) is 22.5 Å². The van der Waals surface area contributed by atoms with Crippen LogP contribution in [0.1, 0.15) is 23.5 Å². The Hall–Kier alpha value is -5.25. The third kappa shape index (κ3) is 3.46. The summed E-state index contributed by atoms with van der Waals surface area (Å²) in [6, 6.07) is 14.1. The minimum Gasteiger partial charge on any atom is -0.507 e. The molecule has 3 heterocycles. The molecular formula is C27H18N2O8. The second kappa shape index (κ2) is 8.16. The number of hydrogen-bond acceptors (Lipinski definition) is 9. The van der Waals surface area contributed by atoms with Crippen molar-refractivity contribution in [1.29, 1.82) is 0 Å². The molecule has 1 aliphatic heterocycles. The lowest BCUT2D eigenvalue weighted by atomic mass is 9.84. The van der Waals surface area contributed by atoms with Crippen molar-refractivity contribution in [3.05, 3.63) is 82.1 Å². The quantitative estimate of drug-likeness (QED) is 0.140. The van der Waals surface area contributed by atoms with E-state index in [0.717, 1.165) is 17.7 Å². The number of hydrogen-bond donors (Lipinski definition) is 5. The normalized spacial score (nSPS) is 14.9. The van der Waals surface area contributed by atoms with Crippen LogP contribution in [0.25, 0.3) is 33.6 Å². The molecule has 2 aromatic heterocycles. The topological polar surface area (TPSA) is 166 Å². The fourth-order valence-corrected chi connectivity index (χ4v) is 4.70. The molecule has 1 unspecified atom stereocenters. The molecule has 0 spiro atoms. The number of aromatic hydroxyl groups is 4. The SMILES string of the molecule is O=C1CC(c2cn[nH]c2-c2ccccc2)c2c(cc(O)c3c(=O)c(O)c(-c4ccc(O)c(O)c4)oc23)O1. The number of aromatic nitrogens is 2. The molecule has 5 aromatic rings. The van der Waals surface area contributed by atoms with Crippen molar-refractivity contribution in [3.8, 4) is 51.3 Å². The Bertz CT molecular complexity index is 1770. The van der Waals surface area contributed by atoms with Crippen LogP contribution in [0.2, 0.25) is 0 Å². The number of aromatic amines is 1. The average molecular weight is 498 g/mol. The molecule has 3 aromatic carbocycles. The summed E-state index contributed by atoms with van der Waals surface area (Å²) in [5, 5.41) is 47.8. The maximum atomic E-state index is 13.2. The van der Waals surface area contributed by atoms with Gasteiger partial charge >= 0.3 is 5.97 Å². The molecule has 6 rings (SSSR count). The van der Waals surface area contributed by atoms with Gasteiger partial charge in [0.05, 0.1) is 18.3 Å². The summed E-state index contributed by atoms with van der Waals surface area (Å²) >= 11 is 0. The first-order valence-electron chi connectivity index (χ1n) is 11.2. The molecule has 10 nitrogen and oxygen atoms in total. The fraction of sp³-hybridized carbons (Fsp3) is 0.0741. The lowest BCUT2D eigenvalue weighted by molar-refractivity contribution is -0.135. The van der Waals surface area contributed by atoms with Crippen LogP contribution < -0.4 is 10.2 Å². The number of carbonyl (C=O) groups excluding carboxylic acids is 1. The Labute approximate surface area is 207 Å². The van der Waals surface area contributed by atoms with Crippen LogP contribution in [-0.2, 0) is 4.79 Å². The largest absolute Gasteiger partial charge is 0.507 e. The van der Waals surface area contributed by atoms with Crippen LogP contribution in [0, 0.1) is 0 Å². The second-order valence-corrected chi connectivity index (χ2v) is 8.62. The van der Waals surface area contributed by atoms with Crippen molar-refractivity contribution in [1.82, 2.24) is 10.2 Å². The second-order valence-electron chi connectivity index (χ2n) is 8.62. The van der Waals surface area contributed by atoms with Crippen molar-refractivity contribution in [3.63, 3.8) is 0 Å². The maximum Gasteiger partial charge on any atom is 0.312 e. The molecule has 37 heavy (non-hydrogen) atoms. The van der Waals surface area contributed by atoms with E-state index in [1.165, 1.54) is 12.1 Å². The minimum absolute atomic E-state index is 0.000181. The van der Waals surface area contributed by atoms with Crippen molar-refractivity contribution in [2.75, 3.05) is 0 Å². The first-order valence-corrected chi connectivity index (χ1v) is 11.2. The zero-order valence-electron chi connectivity index (χ0n) is 18.9. The van der Waals surface area contributed by atoms with Crippen LogP contribution in [0.15, 0.2) is 70.0 Å². The molecule has 0 fully saturated rings. The summed E-state index contributed by atoms with van der Waals surface area (Å²) in [6.07, 6.45) is 1.47. The first kappa shape index (κ1) is 22.2. The Kier molecular flexibility index (Phi) is 4.90. The van der Waals surface area contributed by atoms with Gasteiger partial charge in [-0.05, 0) is 23.8 Å². The Balaban J connectivity index is 1.66. The highest BCUT2D eigenvalue weighted by Crippen LogP contribution is 2.48. The number of esters is 1. The molecule has 0 aliphatic carbocycles. The molecule has 1 aliphatic rings. The minimum atomic E-state index is -0.921. The standard InChI is InChI=1S/C27H18N2O8/c30-16-7-6-13(8-17(16)31)26-25(35)24(34)22-18(32)10-19-21(27(22)37-26)14(9-20(33)36-19)15-11-28-29-23(15)12-4-2-1-3-5-12/h1-8,10-11,14,30-32,35H,9H2,(H,28,29). The van der Waals surface area contributed by atoms with Gasteiger partial charge in [-0.2, -0.15) is 5.10 Å². The van der Waals surface area contributed by atoms with E-state index in [1.807, 2.05) is 30.3 Å². The van der Waals surface area contributed by atoms with E-state index in [1.54, 1.807) is 6.20 Å². The average Bonchev–Trinajstić information content (AvgIpc) is 3.37. The van der Waals surface area contributed by atoms with Crippen molar-refractivity contribution in [2.45, 2.75) is 12.3 Å². The number of rotatable bonds is 3. The Morgan fingerprint density at radius 1 is 0.892 bits per heavy atom. The van der Waals surface area contributed by atoms with Gasteiger partial charge in [-0.1, -0.05) is 30.3 Å². The van der Waals surface area contributed by atoms with Crippen molar-refractivity contribution >= 4 is 16.9 Å². The van der Waals surface area contributed by atoms with Crippen LogP contribution in [0.5, 0.6) is 28.7 Å².